The molecule has 124 valence electrons. The third-order valence-electron chi connectivity index (χ3n) is 3.63. The second-order valence-corrected chi connectivity index (χ2v) is 5.23. The van der Waals surface area contributed by atoms with Crippen molar-refractivity contribution in [1.82, 2.24) is 4.90 Å². The van der Waals surface area contributed by atoms with Crippen LogP contribution in [0.4, 0.5) is 0 Å². The first-order valence-corrected chi connectivity index (χ1v) is 7.59. The minimum Gasteiger partial charge on any atom is -0.494 e. The average molecular weight is 329 g/mol. The van der Waals surface area contributed by atoms with Crippen molar-refractivity contribution in [3.8, 4) is 11.5 Å². The SMILES string of the molecule is CCCOc1ccc(OCC(=O)N2CCCC2CN)cc1.Cl. The number of carbonyl (C=O) groups is 1. The van der Waals surface area contributed by atoms with E-state index in [2.05, 4.69) is 6.92 Å². The van der Waals surface area contributed by atoms with Gasteiger partial charge >= 0.3 is 0 Å². The zero-order chi connectivity index (χ0) is 15.1. The lowest BCUT2D eigenvalue weighted by Crippen LogP contribution is -2.42. The fourth-order valence-electron chi connectivity index (χ4n) is 2.49. The van der Waals surface area contributed by atoms with Crippen LogP contribution in [0.2, 0.25) is 0 Å². The van der Waals surface area contributed by atoms with E-state index in [1.54, 1.807) is 0 Å². The van der Waals surface area contributed by atoms with Gasteiger partial charge in [-0.05, 0) is 43.5 Å². The van der Waals surface area contributed by atoms with Crippen molar-refractivity contribution >= 4 is 18.3 Å². The fourth-order valence-corrected chi connectivity index (χ4v) is 2.49. The van der Waals surface area contributed by atoms with Gasteiger partial charge in [-0.2, -0.15) is 0 Å². The highest BCUT2D eigenvalue weighted by Crippen LogP contribution is 2.19. The normalized spacial score (nSPS) is 17.0. The Hall–Kier alpha value is -1.46. The molecule has 0 aliphatic carbocycles. The maximum atomic E-state index is 12.1. The Morgan fingerprint density at radius 3 is 2.50 bits per heavy atom. The first-order valence-electron chi connectivity index (χ1n) is 7.59. The second-order valence-electron chi connectivity index (χ2n) is 5.23. The van der Waals surface area contributed by atoms with Crippen LogP contribution in [0.5, 0.6) is 11.5 Å². The highest BCUT2D eigenvalue weighted by Gasteiger charge is 2.27. The van der Waals surface area contributed by atoms with Crippen LogP contribution in [0, 0.1) is 0 Å². The van der Waals surface area contributed by atoms with Crippen LogP contribution in [-0.4, -0.2) is 43.2 Å². The van der Waals surface area contributed by atoms with Crippen LogP contribution < -0.4 is 15.2 Å². The van der Waals surface area contributed by atoms with E-state index in [0.29, 0.717) is 18.9 Å². The van der Waals surface area contributed by atoms with Crippen LogP contribution in [0.3, 0.4) is 0 Å². The highest BCUT2D eigenvalue weighted by atomic mass is 35.5. The summed E-state index contributed by atoms with van der Waals surface area (Å²) in [4.78, 5) is 13.9. The lowest BCUT2D eigenvalue weighted by atomic mass is 10.2. The Balaban J connectivity index is 0.00000242. The minimum atomic E-state index is 0. The third-order valence-corrected chi connectivity index (χ3v) is 3.63. The number of ether oxygens (including phenoxy) is 2. The van der Waals surface area contributed by atoms with Gasteiger partial charge in [-0.15, -0.1) is 12.4 Å². The largest absolute Gasteiger partial charge is 0.494 e. The second kappa shape index (κ2) is 9.54. The maximum absolute atomic E-state index is 12.1. The molecule has 5 nitrogen and oxygen atoms in total. The lowest BCUT2D eigenvalue weighted by Gasteiger charge is -2.23. The summed E-state index contributed by atoms with van der Waals surface area (Å²) >= 11 is 0. The summed E-state index contributed by atoms with van der Waals surface area (Å²) in [6.07, 6.45) is 2.99. The van der Waals surface area contributed by atoms with E-state index in [9.17, 15) is 4.79 Å². The van der Waals surface area contributed by atoms with Crippen molar-refractivity contribution in [2.45, 2.75) is 32.2 Å². The van der Waals surface area contributed by atoms with Crippen LogP contribution in [0.15, 0.2) is 24.3 Å². The van der Waals surface area contributed by atoms with Gasteiger partial charge in [0.25, 0.3) is 5.91 Å². The summed E-state index contributed by atoms with van der Waals surface area (Å²) in [5, 5.41) is 0. The molecule has 1 fully saturated rings. The first-order chi connectivity index (χ1) is 10.2. The molecular weight excluding hydrogens is 304 g/mol. The topological polar surface area (TPSA) is 64.8 Å². The molecule has 1 atom stereocenters. The number of benzene rings is 1. The molecule has 2 rings (SSSR count). The summed E-state index contributed by atoms with van der Waals surface area (Å²) in [5.41, 5.74) is 5.68. The van der Waals surface area contributed by atoms with E-state index in [1.165, 1.54) is 0 Å². The van der Waals surface area contributed by atoms with Gasteiger partial charge in [0, 0.05) is 19.1 Å². The number of carbonyl (C=O) groups excluding carboxylic acids is 1. The number of halogens is 1. The van der Waals surface area contributed by atoms with E-state index in [0.717, 1.165) is 31.6 Å². The van der Waals surface area contributed by atoms with E-state index in [4.69, 9.17) is 15.2 Å². The molecule has 1 aliphatic rings. The number of rotatable bonds is 7. The molecule has 6 heteroatoms. The molecule has 1 aromatic rings. The van der Waals surface area contributed by atoms with E-state index in [-0.39, 0.29) is 31.0 Å². The van der Waals surface area contributed by atoms with Gasteiger partial charge in [-0.1, -0.05) is 6.92 Å². The summed E-state index contributed by atoms with van der Waals surface area (Å²) < 4.78 is 11.0. The van der Waals surface area contributed by atoms with Gasteiger partial charge in [0.05, 0.1) is 6.61 Å². The summed E-state index contributed by atoms with van der Waals surface area (Å²) in [7, 11) is 0. The van der Waals surface area contributed by atoms with Crippen molar-refractivity contribution in [3.05, 3.63) is 24.3 Å². The van der Waals surface area contributed by atoms with Crippen molar-refractivity contribution < 1.29 is 14.3 Å². The Morgan fingerprint density at radius 2 is 1.91 bits per heavy atom. The van der Waals surface area contributed by atoms with Crippen LogP contribution in [0.25, 0.3) is 0 Å². The summed E-state index contributed by atoms with van der Waals surface area (Å²) in [5.74, 6) is 1.50. The van der Waals surface area contributed by atoms with Gasteiger partial charge in [0.1, 0.15) is 11.5 Å². The van der Waals surface area contributed by atoms with Gasteiger partial charge in [0.2, 0.25) is 0 Å². The van der Waals surface area contributed by atoms with E-state index in [1.807, 2.05) is 29.2 Å². The number of hydrogen-bond donors (Lipinski definition) is 1. The van der Waals surface area contributed by atoms with Crippen LogP contribution in [-0.2, 0) is 4.79 Å². The average Bonchev–Trinajstić information content (AvgIpc) is 3.00. The number of hydrogen-bond acceptors (Lipinski definition) is 4. The Morgan fingerprint density at radius 1 is 1.27 bits per heavy atom. The zero-order valence-electron chi connectivity index (χ0n) is 13.0. The number of amides is 1. The third kappa shape index (κ3) is 5.07. The van der Waals surface area contributed by atoms with Crippen LogP contribution in [0.1, 0.15) is 26.2 Å². The monoisotopic (exact) mass is 328 g/mol. The van der Waals surface area contributed by atoms with Gasteiger partial charge in [-0.3, -0.25) is 4.79 Å². The standard InChI is InChI=1S/C16H24N2O3.ClH/c1-2-10-20-14-5-7-15(8-6-14)21-12-16(19)18-9-3-4-13(18)11-17;/h5-8,13H,2-4,9-12,17H2,1H3;1H. The van der Waals surface area contributed by atoms with Crippen LogP contribution >= 0.6 is 12.4 Å². The van der Waals surface area contributed by atoms with Crippen molar-refractivity contribution in [1.29, 1.82) is 0 Å². The Labute approximate surface area is 138 Å². The van der Waals surface area contributed by atoms with Crippen molar-refractivity contribution in [2.75, 3.05) is 26.3 Å². The predicted molar refractivity (Wildman–Crippen MR) is 88.8 cm³/mol. The molecule has 22 heavy (non-hydrogen) atoms. The molecule has 1 amide bonds. The van der Waals surface area contributed by atoms with Gasteiger partial charge in [-0.25, -0.2) is 0 Å². The molecule has 1 saturated heterocycles. The number of nitrogens with zero attached hydrogens (tertiary/aromatic N) is 1. The molecular formula is C16H25ClN2O3. The molecule has 2 N–H and O–H groups in total. The molecule has 1 aliphatic heterocycles. The molecule has 1 aromatic carbocycles. The van der Waals surface area contributed by atoms with E-state index >= 15 is 0 Å². The highest BCUT2D eigenvalue weighted by molar-refractivity contribution is 5.85. The fraction of sp³-hybridized carbons (Fsp3) is 0.562. The molecule has 1 unspecified atom stereocenters. The Bertz CT molecular complexity index is 453. The minimum absolute atomic E-state index is 0. The zero-order valence-corrected chi connectivity index (χ0v) is 13.8. The molecule has 0 radical (unpaired) electrons. The Kier molecular flexibility index (Phi) is 8.06. The number of likely N-dealkylation sites (tertiary alicyclic amines) is 1. The molecule has 1 heterocycles. The molecule has 0 saturated carbocycles. The summed E-state index contributed by atoms with van der Waals surface area (Å²) in [6.45, 7) is 4.14. The quantitative estimate of drug-likeness (QED) is 0.833. The summed E-state index contributed by atoms with van der Waals surface area (Å²) in [6, 6.07) is 7.53. The smallest absolute Gasteiger partial charge is 0.260 e. The van der Waals surface area contributed by atoms with Gasteiger partial charge < -0.3 is 20.1 Å². The molecule has 0 aromatic heterocycles. The lowest BCUT2D eigenvalue weighted by molar-refractivity contribution is -0.134. The van der Waals surface area contributed by atoms with Crippen molar-refractivity contribution in [3.63, 3.8) is 0 Å². The molecule has 0 spiro atoms. The van der Waals surface area contributed by atoms with E-state index < -0.39 is 0 Å². The predicted octanol–water partition coefficient (Wildman–Crippen LogP) is 2.23. The number of nitrogens with two attached hydrogens (primary N) is 1. The van der Waals surface area contributed by atoms with Crippen molar-refractivity contribution in [2.24, 2.45) is 5.73 Å². The van der Waals surface area contributed by atoms with Gasteiger partial charge in [0.15, 0.2) is 6.61 Å². The molecule has 0 bridgehead atoms. The first kappa shape index (κ1) is 18.6. The maximum Gasteiger partial charge on any atom is 0.260 e.